The van der Waals surface area contributed by atoms with Gasteiger partial charge in [-0.15, -0.1) is 0 Å². The third kappa shape index (κ3) is 4.78. The Hall–Kier alpha value is -3.31. The second-order valence-corrected chi connectivity index (χ2v) is 9.04. The van der Waals surface area contributed by atoms with Crippen LogP contribution in [0, 0.1) is 0 Å². The fourth-order valence-electron chi connectivity index (χ4n) is 4.67. The van der Waals surface area contributed by atoms with Crippen LogP contribution in [0.2, 0.25) is 0 Å². The average Bonchev–Trinajstić information content (AvgIpc) is 3.17. The Bertz CT molecular complexity index is 1150. The number of imide groups is 1. The first kappa shape index (κ1) is 23.4. The summed E-state index contributed by atoms with van der Waals surface area (Å²) in [5.41, 5.74) is 3.08. The summed E-state index contributed by atoms with van der Waals surface area (Å²) < 4.78 is 11.2. The fourth-order valence-corrected chi connectivity index (χ4v) is 4.67. The van der Waals surface area contributed by atoms with Gasteiger partial charge in [-0.25, -0.2) is 4.90 Å². The van der Waals surface area contributed by atoms with Crippen molar-refractivity contribution in [2.24, 2.45) is 0 Å². The lowest BCUT2D eigenvalue weighted by Gasteiger charge is -2.38. The van der Waals surface area contributed by atoms with Gasteiger partial charge in [-0.05, 0) is 29.7 Å². The van der Waals surface area contributed by atoms with Crippen LogP contribution in [0.1, 0.15) is 39.9 Å². The summed E-state index contributed by atoms with van der Waals surface area (Å²) in [5, 5.41) is 22.4. The highest BCUT2D eigenvalue weighted by molar-refractivity contribution is 6.05. The van der Waals surface area contributed by atoms with Crippen LogP contribution < -0.4 is 10.1 Å². The maximum atomic E-state index is 13.0. The lowest BCUT2D eigenvalue weighted by atomic mass is 10.0. The fraction of sp³-hybridized carbons (Fsp3) is 0.400. The number of benzene rings is 2. The molecular formula is C25H27N3O7. The van der Waals surface area contributed by atoms with Gasteiger partial charge in [0, 0.05) is 30.6 Å². The van der Waals surface area contributed by atoms with Crippen LogP contribution >= 0.6 is 0 Å². The van der Waals surface area contributed by atoms with Crippen molar-refractivity contribution in [3.8, 4) is 5.75 Å². The molecule has 0 aromatic heterocycles. The highest BCUT2D eigenvalue weighted by atomic mass is 16.6. The molecule has 3 aliphatic heterocycles. The SMILES string of the molecule is O=C1CCC(N2Cc3c(OCc4ccc(CN5CCOCC5(O)O)cc4)cccc3C2=O)C(=O)N1. The molecule has 2 saturated heterocycles. The molecule has 1 unspecified atom stereocenters. The van der Waals surface area contributed by atoms with Crippen molar-refractivity contribution < 1.29 is 34.1 Å². The van der Waals surface area contributed by atoms with Gasteiger partial charge in [0.05, 0.1) is 13.2 Å². The Balaban J connectivity index is 1.23. The number of rotatable bonds is 6. The lowest BCUT2D eigenvalue weighted by Crippen LogP contribution is -2.56. The Morgan fingerprint density at radius 2 is 1.86 bits per heavy atom. The van der Waals surface area contributed by atoms with Gasteiger partial charge in [-0.1, -0.05) is 30.3 Å². The zero-order valence-corrected chi connectivity index (χ0v) is 19.1. The number of amides is 3. The van der Waals surface area contributed by atoms with Crippen molar-refractivity contribution in [3.05, 3.63) is 64.7 Å². The van der Waals surface area contributed by atoms with Crippen molar-refractivity contribution in [3.63, 3.8) is 0 Å². The van der Waals surface area contributed by atoms with E-state index in [9.17, 15) is 24.6 Å². The molecule has 5 rings (SSSR count). The van der Waals surface area contributed by atoms with E-state index in [1.54, 1.807) is 23.1 Å². The molecule has 1 atom stereocenters. The molecule has 35 heavy (non-hydrogen) atoms. The highest BCUT2D eigenvalue weighted by Gasteiger charge is 2.40. The van der Waals surface area contributed by atoms with E-state index in [0.29, 0.717) is 37.4 Å². The molecule has 0 bridgehead atoms. The number of ether oxygens (including phenoxy) is 2. The number of morpholine rings is 1. The van der Waals surface area contributed by atoms with E-state index in [1.165, 1.54) is 4.90 Å². The summed E-state index contributed by atoms with van der Waals surface area (Å²) in [7, 11) is 0. The summed E-state index contributed by atoms with van der Waals surface area (Å²) >= 11 is 0. The number of aliphatic hydroxyl groups is 2. The monoisotopic (exact) mass is 481 g/mol. The van der Waals surface area contributed by atoms with Gasteiger partial charge in [-0.2, -0.15) is 0 Å². The quantitative estimate of drug-likeness (QED) is 0.402. The molecule has 0 radical (unpaired) electrons. The van der Waals surface area contributed by atoms with Crippen LogP contribution in [0.5, 0.6) is 5.75 Å². The topological polar surface area (TPSA) is 129 Å². The second-order valence-electron chi connectivity index (χ2n) is 9.04. The largest absolute Gasteiger partial charge is 0.489 e. The van der Waals surface area contributed by atoms with Crippen LogP contribution in [0.25, 0.3) is 0 Å². The first-order valence-electron chi connectivity index (χ1n) is 11.6. The number of nitrogens with zero attached hydrogens (tertiary/aromatic N) is 2. The summed E-state index contributed by atoms with van der Waals surface area (Å²) in [6, 6.07) is 12.3. The smallest absolute Gasteiger partial charge is 0.255 e. The molecular weight excluding hydrogens is 454 g/mol. The minimum absolute atomic E-state index is 0.149. The number of carbonyl (C=O) groups is 3. The predicted molar refractivity (Wildman–Crippen MR) is 122 cm³/mol. The van der Waals surface area contributed by atoms with Crippen molar-refractivity contribution >= 4 is 17.7 Å². The second kappa shape index (κ2) is 9.38. The normalized spacial score (nSPS) is 22.2. The van der Waals surface area contributed by atoms with Crippen LogP contribution in [-0.2, 0) is 34.0 Å². The number of carbonyl (C=O) groups excluding carboxylic acids is 3. The standard InChI is InChI=1S/C25H27N3O7/c29-22-9-8-20(23(30)26-22)28-13-19-18(24(28)31)2-1-3-21(19)35-14-17-6-4-16(5-7-17)12-27-10-11-34-15-25(27,32)33/h1-7,20,32-33H,8-15H2,(H,26,29,30). The van der Waals surface area contributed by atoms with Gasteiger partial charge in [0.15, 0.2) is 0 Å². The zero-order chi connectivity index (χ0) is 24.6. The molecule has 2 aromatic rings. The van der Waals surface area contributed by atoms with Crippen molar-refractivity contribution in [2.75, 3.05) is 19.8 Å². The van der Waals surface area contributed by atoms with Gasteiger partial charge in [0.1, 0.15) is 25.0 Å². The third-order valence-electron chi connectivity index (χ3n) is 6.64. The maximum Gasteiger partial charge on any atom is 0.255 e. The average molecular weight is 482 g/mol. The number of nitrogens with one attached hydrogen (secondary N) is 1. The molecule has 184 valence electrons. The van der Waals surface area contributed by atoms with Crippen LogP contribution in [0.3, 0.4) is 0 Å². The lowest BCUT2D eigenvalue weighted by molar-refractivity contribution is -0.313. The molecule has 2 aromatic carbocycles. The molecule has 0 aliphatic carbocycles. The van der Waals surface area contributed by atoms with Crippen molar-refractivity contribution in [1.29, 1.82) is 0 Å². The van der Waals surface area contributed by atoms with E-state index in [4.69, 9.17) is 9.47 Å². The molecule has 3 N–H and O–H groups in total. The number of hydrogen-bond acceptors (Lipinski definition) is 8. The van der Waals surface area contributed by atoms with E-state index in [1.807, 2.05) is 24.3 Å². The summed E-state index contributed by atoms with van der Waals surface area (Å²) in [4.78, 5) is 39.8. The van der Waals surface area contributed by atoms with E-state index in [-0.39, 0.29) is 38.0 Å². The Morgan fingerprint density at radius 1 is 1.09 bits per heavy atom. The number of piperidine rings is 1. The molecule has 3 amide bonds. The van der Waals surface area contributed by atoms with Gasteiger partial charge in [-0.3, -0.25) is 19.7 Å². The van der Waals surface area contributed by atoms with Crippen molar-refractivity contribution in [2.45, 2.75) is 44.5 Å². The van der Waals surface area contributed by atoms with Gasteiger partial charge in [0.25, 0.3) is 5.91 Å². The molecule has 10 heteroatoms. The Morgan fingerprint density at radius 3 is 2.60 bits per heavy atom. The van der Waals surface area contributed by atoms with Crippen LogP contribution in [0.15, 0.2) is 42.5 Å². The molecule has 2 fully saturated rings. The van der Waals surface area contributed by atoms with E-state index in [0.717, 1.165) is 16.7 Å². The first-order chi connectivity index (χ1) is 16.8. The first-order valence-corrected chi connectivity index (χ1v) is 11.6. The molecule has 3 heterocycles. The molecule has 0 spiro atoms. The third-order valence-corrected chi connectivity index (χ3v) is 6.64. The molecule has 0 saturated carbocycles. The van der Waals surface area contributed by atoms with E-state index < -0.39 is 17.9 Å². The Kier molecular flexibility index (Phi) is 6.28. The van der Waals surface area contributed by atoms with Crippen LogP contribution in [0.4, 0.5) is 0 Å². The molecule has 3 aliphatic rings. The maximum absolute atomic E-state index is 13.0. The predicted octanol–water partition coefficient (Wildman–Crippen LogP) is 0.497. The minimum atomic E-state index is -1.98. The Labute approximate surface area is 202 Å². The van der Waals surface area contributed by atoms with Gasteiger partial charge < -0.3 is 24.6 Å². The van der Waals surface area contributed by atoms with Gasteiger partial charge >= 0.3 is 0 Å². The number of fused-ring (bicyclic) bond motifs is 1. The summed E-state index contributed by atoms with van der Waals surface area (Å²) in [5.74, 6) is -2.40. The summed E-state index contributed by atoms with van der Waals surface area (Å²) in [6.45, 7) is 1.63. The van der Waals surface area contributed by atoms with Gasteiger partial charge in [0.2, 0.25) is 17.7 Å². The zero-order valence-electron chi connectivity index (χ0n) is 19.1. The molecule has 10 nitrogen and oxygen atoms in total. The van der Waals surface area contributed by atoms with E-state index in [2.05, 4.69) is 5.32 Å². The minimum Gasteiger partial charge on any atom is -0.489 e. The highest BCUT2D eigenvalue weighted by Crippen LogP contribution is 2.34. The number of hydrogen-bond donors (Lipinski definition) is 3. The van der Waals surface area contributed by atoms with Crippen LogP contribution in [-0.4, -0.2) is 69.4 Å². The van der Waals surface area contributed by atoms with E-state index >= 15 is 0 Å². The van der Waals surface area contributed by atoms with Crippen molar-refractivity contribution in [1.82, 2.24) is 15.1 Å². The summed E-state index contributed by atoms with van der Waals surface area (Å²) in [6.07, 6.45) is 0.518.